The first-order chi connectivity index (χ1) is 15.1. The number of halogens is 1. The molecule has 1 aromatic heterocycles. The van der Waals surface area contributed by atoms with E-state index in [-0.39, 0.29) is 13.1 Å². The molecule has 2 fully saturated rings. The second-order valence-corrected chi connectivity index (χ2v) is 10.1. The van der Waals surface area contributed by atoms with Gasteiger partial charge in [-0.15, -0.1) is 0 Å². The van der Waals surface area contributed by atoms with E-state index in [0.717, 1.165) is 55.9 Å². The van der Waals surface area contributed by atoms with Crippen molar-refractivity contribution in [2.24, 2.45) is 11.8 Å². The summed E-state index contributed by atoms with van der Waals surface area (Å²) in [4.78, 5) is 9.77. The van der Waals surface area contributed by atoms with E-state index >= 15 is 0 Å². The van der Waals surface area contributed by atoms with Crippen molar-refractivity contribution in [3.63, 3.8) is 0 Å². The lowest BCUT2D eigenvalue weighted by molar-refractivity contribution is 0.0962. The number of nitrogens with zero attached hydrogens (tertiary/aromatic N) is 3. The molecule has 3 heterocycles. The lowest BCUT2D eigenvalue weighted by Crippen LogP contribution is -2.46. The number of aromatic nitrogens is 1. The van der Waals surface area contributed by atoms with Crippen LogP contribution in [-0.2, 0) is 12.8 Å². The van der Waals surface area contributed by atoms with Crippen molar-refractivity contribution in [1.82, 2.24) is 14.7 Å². The Balaban J connectivity index is 1.33. The van der Waals surface area contributed by atoms with Gasteiger partial charge in [-0.05, 0) is 118 Å². The van der Waals surface area contributed by atoms with E-state index in [0.29, 0.717) is 0 Å². The van der Waals surface area contributed by atoms with E-state index in [9.17, 15) is 5.02 Å². The fraction of sp³-hybridized carbons (Fsp3) is 0.560. The molecule has 0 radical (unpaired) electrons. The third-order valence-corrected chi connectivity index (χ3v) is 8.19. The molecule has 2 aromatic rings. The molecule has 31 heavy (non-hydrogen) atoms. The summed E-state index contributed by atoms with van der Waals surface area (Å²) < 4.78 is 0. The van der Waals surface area contributed by atoms with Crippen LogP contribution in [0.2, 0.25) is 11.8 Å². The largest absolute Gasteiger partial charge is 0.437 e. The van der Waals surface area contributed by atoms with E-state index < -0.39 is 0 Å². The quantitative estimate of drug-likeness (QED) is 0.720. The first kappa shape index (κ1) is 21.5. The molecule has 1 aliphatic carbocycles. The number of benzene rings is 1. The number of hydrogen-bond donors (Lipinski definition) is 1. The third kappa shape index (κ3) is 4.43. The van der Waals surface area contributed by atoms with Crippen LogP contribution in [0.3, 0.4) is 0 Å². The Morgan fingerprint density at radius 2 is 1.65 bits per heavy atom. The molecule has 1 N–H and O–H groups in total. The Morgan fingerprint density at radius 1 is 0.968 bits per heavy atom. The van der Waals surface area contributed by atoms with Gasteiger partial charge in [0, 0.05) is 11.2 Å². The van der Waals surface area contributed by atoms with Gasteiger partial charge in [0.05, 0.1) is 11.7 Å². The Bertz CT molecular complexity index is 907. The maximum Gasteiger partial charge on any atom is 0.376 e. The summed E-state index contributed by atoms with van der Waals surface area (Å²) in [5.74, 6) is 1.62. The highest BCUT2D eigenvalue weighted by atomic mass is 35.5. The molecule has 164 valence electrons. The lowest BCUT2D eigenvalue weighted by Gasteiger charge is -2.43. The lowest BCUT2D eigenvalue weighted by atomic mass is 9.75. The molecule has 2 saturated heterocycles. The van der Waals surface area contributed by atoms with Crippen molar-refractivity contribution in [2.45, 2.75) is 51.4 Å². The minimum absolute atomic E-state index is 0.240. The molecule has 0 bridgehead atoms. The summed E-state index contributed by atoms with van der Waals surface area (Å²) in [6.45, 7) is 6.23. The van der Waals surface area contributed by atoms with Crippen LogP contribution >= 0.6 is 11.6 Å². The van der Waals surface area contributed by atoms with Crippen molar-refractivity contribution in [3.05, 3.63) is 63.9 Å². The number of pyridine rings is 1. The minimum Gasteiger partial charge on any atom is -0.437 e. The van der Waals surface area contributed by atoms with E-state index in [4.69, 9.17) is 16.6 Å². The summed E-state index contributed by atoms with van der Waals surface area (Å²) in [5.41, 5.74) is 5.40. The number of fused-ring (bicyclic) bond motifs is 2. The zero-order valence-corrected chi connectivity index (χ0v) is 19.3. The van der Waals surface area contributed by atoms with Gasteiger partial charge in [0.2, 0.25) is 0 Å². The third-order valence-electron chi connectivity index (χ3n) is 7.96. The number of hydrogen-bond acceptors (Lipinski definition) is 4. The van der Waals surface area contributed by atoms with E-state index in [1.807, 2.05) is 19.1 Å². The highest BCUT2D eigenvalue weighted by molar-refractivity contribution is 6.45. The normalized spacial score (nSPS) is 23.8. The van der Waals surface area contributed by atoms with Crippen molar-refractivity contribution < 1.29 is 5.02 Å². The van der Waals surface area contributed by atoms with E-state index in [1.54, 1.807) is 0 Å². The van der Waals surface area contributed by atoms with Gasteiger partial charge in [0.25, 0.3) is 0 Å². The molecule has 0 saturated carbocycles. The van der Waals surface area contributed by atoms with Gasteiger partial charge in [0.1, 0.15) is 0 Å². The van der Waals surface area contributed by atoms with Crippen molar-refractivity contribution in [3.8, 4) is 0 Å². The van der Waals surface area contributed by atoms with Gasteiger partial charge >= 0.3 is 7.05 Å². The Hall–Kier alpha value is -1.40. The number of likely N-dealkylation sites (tertiary alicyclic amines) is 1. The predicted octanol–water partition coefficient (Wildman–Crippen LogP) is 4.46. The fourth-order valence-electron chi connectivity index (χ4n) is 6.17. The Morgan fingerprint density at radius 3 is 2.35 bits per heavy atom. The SMILES string of the molecule is CB(O)N1CCC(C2CCN(C3c4ccc(Cl)cc4CCc4cccnc43)CC2)CC1. The number of rotatable bonds is 3. The van der Waals surface area contributed by atoms with Crippen molar-refractivity contribution in [1.29, 1.82) is 0 Å². The van der Waals surface area contributed by atoms with Gasteiger partial charge in [0.15, 0.2) is 0 Å². The number of aryl methyl sites for hydroxylation is 2. The minimum atomic E-state index is -0.306. The molecule has 6 heteroatoms. The summed E-state index contributed by atoms with van der Waals surface area (Å²) >= 11 is 6.36. The first-order valence-corrected chi connectivity index (χ1v) is 12.4. The molecular formula is C25H33BClN3O. The molecule has 0 spiro atoms. The Kier molecular flexibility index (Phi) is 6.38. The Labute approximate surface area is 191 Å². The molecule has 1 aromatic carbocycles. The zero-order valence-electron chi connectivity index (χ0n) is 18.5. The van der Waals surface area contributed by atoms with E-state index in [2.05, 4.69) is 34.0 Å². The second-order valence-electron chi connectivity index (χ2n) is 9.67. The molecule has 5 rings (SSSR count). The molecule has 0 amide bonds. The highest BCUT2D eigenvalue weighted by Gasteiger charge is 2.35. The van der Waals surface area contributed by atoms with Crippen LogP contribution < -0.4 is 0 Å². The van der Waals surface area contributed by atoms with Crippen LogP contribution in [0.25, 0.3) is 0 Å². The summed E-state index contributed by atoms with van der Waals surface area (Å²) in [5, 5.41) is 10.7. The van der Waals surface area contributed by atoms with Crippen LogP contribution in [0.5, 0.6) is 0 Å². The number of piperidine rings is 2. The first-order valence-electron chi connectivity index (χ1n) is 12.0. The second kappa shape index (κ2) is 9.23. The predicted molar refractivity (Wildman–Crippen MR) is 127 cm³/mol. The average Bonchev–Trinajstić information content (AvgIpc) is 2.96. The van der Waals surface area contributed by atoms with Gasteiger partial charge in [-0.1, -0.05) is 23.7 Å². The molecule has 2 aliphatic heterocycles. The summed E-state index contributed by atoms with van der Waals surface area (Å²) in [6.07, 6.45) is 9.00. The van der Waals surface area contributed by atoms with Crippen LogP contribution in [0.1, 0.15) is 54.1 Å². The van der Waals surface area contributed by atoms with E-state index in [1.165, 1.54) is 48.1 Å². The maximum atomic E-state index is 9.86. The summed E-state index contributed by atoms with van der Waals surface area (Å²) in [7, 11) is -0.306. The summed E-state index contributed by atoms with van der Waals surface area (Å²) in [6, 6.07) is 11.0. The maximum absolute atomic E-state index is 9.86. The average molecular weight is 438 g/mol. The molecule has 1 atom stereocenters. The fourth-order valence-corrected chi connectivity index (χ4v) is 6.36. The van der Waals surface area contributed by atoms with Crippen molar-refractivity contribution >= 4 is 18.7 Å². The van der Waals surface area contributed by atoms with Gasteiger partial charge in [-0.2, -0.15) is 0 Å². The zero-order chi connectivity index (χ0) is 21.4. The van der Waals surface area contributed by atoms with Crippen LogP contribution in [0.4, 0.5) is 0 Å². The molecular weight excluding hydrogens is 405 g/mol. The van der Waals surface area contributed by atoms with Crippen molar-refractivity contribution in [2.75, 3.05) is 26.2 Å². The molecule has 3 aliphatic rings. The topological polar surface area (TPSA) is 39.6 Å². The van der Waals surface area contributed by atoms with Crippen LogP contribution in [0.15, 0.2) is 36.5 Å². The highest BCUT2D eigenvalue weighted by Crippen LogP contribution is 2.40. The standard InChI is InChI=1S/C25H33BClN3O/c1-26(31)30-15-10-19(11-16-30)18-8-13-29(14-9-18)25-23-7-6-22(27)17-21(23)5-4-20-3-2-12-28-24(20)25/h2-3,6-7,12,17-19,25,31H,4-5,8-11,13-16H2,1H3. The van der Waals surface area contributed by atoms with Crippen LogP contribution in [0, 0.1) is 11.8 Å². The monoisotopic (exact) mass is 437 g/mol. The van der Waals surface area contributed by atoms with Gasteiger partial charge in [-0.3, -0.25) is 9.88 Å². The molecule has 1 unspecified atom stereocenters. The molecule has 4 nitrogen and oxygen atoms in total. The van der Waals surface area contributed by atoms with Crippen LogP contribution in [-0.4, -0.2) is 52.9 Å². The smallest absolute Gasteiger partial charge is 0.376 e. The van der Waals surface area contributed by atoms with Gasteiger partial charge in [-0.25, -0.2) is 0 Å². The van der Waals surface area contributed by atoms with Gasteiger partial charge < -0.3 is 9.83 Å².